The van der Waals surface area contributed by atoms with Crippen LogP contribution in [0.25, 0.3) is 0 Å². The Morgan fingerprint density at radius 1 is 1.47 bits per heavy atom. The molecule has 1 aliphatic rings. The lowest BCUT2D eigenvalue weighted by Crippen LogP contribution is -2.30. The van der Waals surface area contributed by atoms with Crippen molar-refractivity contribution in [3.8, 4) is 6.01 Å². The molecule has 0 amide bonds. The third-order valence-electron chi connectivity index (χ3n) is 2.60. The zero-order valence-corrected chi connectivity index (χ0v) is 10.6. The van der Waals surface area contributed by atoms with Crippen LogP contribution in [0.2, 0.25) is 5.28 Å². The van der Waals surface area contributed by atoms with Gasteiger partial charge in [-0.05, 0) is 24.4 Å². The molecule has 1 fully saturated rings. The monoisotopic (exact) mass is 258 g/mol. The van der Waals surface area contributed by atoms with Gasteiger partial charge in [0.2, 0.25) is 11.2 Å². The van der Waals surface area contributed by atoms with Crippen LogP contribution in [0.15, 0.2) is 0 Å². The van der Waals surface area contributed by atoms with Crippen molar-refractivity contribution in [1.29, 1.82) is 0 Å². The topological polar surface area (TPSA) is 60.4 Å². The molecule has 1 unspecified atom stereocenters. The van der Waals surface area contributed by atoms with Crippen LogP contribution < -0.4 is 9.64 Å². The van der Waals surface area contributed by atoms with E-state index in [4.69, 9.17) is 21.1 Å². The molecule has 0 N–H and O–H groups in total. The Morgan fingerprint density at radius 2 is 2.29 bits per heavy atom. The highest BCUT2D eigenvalue weighted by atomic mass is 35.5. The van der Waals surface area contributed by atoms with Crippen LogP contribution in [-0.4, -0.2) is 48.4 Å². The van der Waals surface area contributed by atoms with Gasteiger partial charge in [-0.25, -0.2) is 0 Å². The molecule has 1 aromatic rings. The molecular formula is C10H15ClN4O2. The Balaban J connectivity index is 2.06. The average Bonchev–Trinajstić information content (AvgIpc) is 2.81. The average molecular weight is 259 g/mol. The Labute approximate surface area is 105 Å². The molecule has 0 spiro atoms. The molecule has 1 aromatic heterocycles. The Bertz CT molecular complexity index is 385. The number of methoxy groups -OCH3 is 1. The Morgan fingerprint density at radius 3 is 2.94 bits per heavy atom. The lowest BCUT2D eigenvalue weighted by atomic mass is 10.2. The maximum atomic E-state index is 5.79. The van der Waals surface area contributed by atoms with E-state index in [9.17, 15) is 0 Å². The summed E-state index contributed by atoms with van der Waals surface area (Å²) in [4.78, 5) is 13.9. The summed E-state index contributed by atoms with van der Waals surface area (Å²) >= 11 is 5.79. The first-order valence-corrected chi connectivity index (χ1v) is 5.85. The summed E-state index contributed by atoms with van der Waals surface area (Å²) in [6, 6.07) is 0.221. The SMILES string of the molecule is COc1nc(Cl)nc(N(C)CC2CCCO2)n1. The van der Waals surface area contributed by atoms with Crippen LogP contribution in [0.3, 0.4) is 0 Å². The van der Waals surface area contributed by atoms with Gasteiger partial charge in [-0.2, -0.15) is 15.0 Å². The number of aromatic nitrogens is 3. The summed E-state index contributed by atoms with van der Waals surface area (Å²) in [5.41, 5.74) is 0. The summed E-state index contributed by atoms with van der Waals surface area (Å²) in [6.45, 7) is 1.57. The highest BCUT2D eigenvalue weighted by Gasteiger charge is 2.19. The lowest BCUT2D eigenvalue weighted by molar-refractivity contribution is 0.116. The molecule has 94 valence electrons. The molecule has 2 heterocycles. The second-order valence-corrected chi connectivity index (χ2v) is 4.24. The van der Waals surface area contributed by atoms with Gasteiger partial charge in [-0.15, -0.1) is 0 Å². The minimum absolute atomic E-state index is 0.131. The number of ether oxygens (including phenoxy) is 2. The van der Waals surface area contributed by atoms with E-state index >= 15 is 0 Å². The maximum absolute atomic E-state index is 5.79. The number of anilines is 1. The maximum Gasteiger partial charge on any atom is 0.322 e. The standard InChI is InChI=1S/C10H15ClN4O2/c1-15(6-7-4-3-5-17-7)9-12-8(11)13-10(14-9)16-2/h7H,3-6H2,1-2H3. The number of rotatable bonds is 4. The molecule has 7 heteroatoms. The summed E-state index contributed by atoms with van der Waals surface area (Å²) in [7, 11) is 3.39. The van der Waals surface area contributed by atoms with E-state index in [1.807, 2.05) is 11.9 Å². The van der Waals surface area contributed by atoms with E-state index in [-0.39, 0.29) is 17.4 Å². The van der Waals surface area contributed by atoms with Crippen molar-refractivity contribution in [2.75, 3.05) is 32.2 Å². The molecule has 1 atom stereocenters. The van der Waals surface area contributed by atoms with Crippen molar-refractivity contribution in [2.24, 2.45) is 0 Å². The number of halogens is 1. The first-order chi connectivity index (χ1) is 8.19. The number of nitrogens with zero attached hydrogens (tertiary/aromatic N) is 4. The second-order valence-electron chi connectivity index (χ2n) is 3.91. The fraction of sp³-hybridized carbons (Fsp3) is 0.700. The third-order valence-corrected chi connectivity index (χ3v) is 2.77. The molecule has 0 bridgehead atoms. The molecule has 0 saturated carbocycles. The van der Waals surface area contributed by atoms with Gasteiger partial charge in [0, 0.05) is 20.2 Å². The largest absolute Gasteiger partial charge is 0.467 e. The van der Waals surface area contributed by atoms with Crippen LogP contribution in [0.1, 0.15) is 12.8 Å². The zero-order valence-electron chi connectivity index (χ0n) is 9.89. The van der Waals surface area contributed by atoms with Crippen molar-refractivity contribution in [1.82, 2.24) is 15.0 Å². The van der Waals surface area contributed by atoms with Gasteiger partial charge in [-0.1, -0.05) is 0 Å². The molecule has 1 saturated heterocycles. The zero-order chi connectivity index (χ0) is 12.3. The van der Waals surface area contributed by atoms with Gasteiger partial charge >= 0.3 is 6.01 Å². The fourth-order valence-corrected chi connectivity index (χ4v) is 1.91. The predicted octanol–water partition coefficient (Wildman–Crippen LogP) is 1.15. The molecule has 2 rings (SSSR count). The van der Waals surface area contributed by atoms with E-state index in [0.29, 0.717) is 5.95 Å². The van der Waals surface area contributed by atoms with Crippen LogP contribution in [-0.2, 0) is 4.74 Å². The van der Waals surface area contributed by atoms with Crippen LogP contribution in [0.4, 0.5) is 5.95 Å². The summed E-state index contributed by atoms with van der Waals surface area (Å²) in [6.07, 6.45) is 2.42. The molecule has 1 aliphatic heterocycles. The minimum Gasteiger partial charge on any atom is -0.467 e. The second kappa shape index (κ2) is 5.46. The van der Waals surface area contributed by atoms with E-state index in [2.05, 4.69) is 15.0 Å². The lowest BCUT2D eigenvalue weighted by Gasteiger charge is -2.20. The van der Waals surface area contributed by atoms with Crippen LogP contribution in [0.5, 0.6) is 6.01 Å². The van der Waals surface area contributed by atoms with Crippen LogP contribution in [0, 0.1) is 0 Å². The molecule has 0 aromatic carbocycles. The summed E-state index contributed by atoms with van der Waals surface area (Å²) in [5.74, 6) is 0.498. The highest BCUT2D eigenvalue weighted by Crippen LogP contribution is 2.17. The first kappa shape index (κ1) is 12.3. The van der Waals surface area contributed by atoms with Crippen molar-refractivity contribution < 1.29 is 9.47 Å². The van der Waals surface area contributed by atoms with Gasteiger partial charge < -0.3 is 14.4 Å². The number of hydrogen-bond acceptors (Lipinski definition) is 6. The van der Waals surface area contributed by atoms with E-state index in [0.717, 1.165) is 26.0 Å². The van der Waals surface area contributed by atoms with Gasteiger partial charge in [0.15, 0.2) is 0 Å². The molecular weight excluding hydrogens is 244 g/mol. The summed E-state index contributed by atoms with van der Waals surface area (Å²) in [5, 5.41) is 0.131. The summed E-state index contributed by atoms with van der Waals surface area (Å²) < 4.78 is 10.5. The Hall–Kier alpha value is -1.14. The number of hydrogen-bond donors (Lipinski definition) is 0. The van der Waals surface area contributed by atoms with Gasteiger partial charge in [0.1, 0.15) is 0 Å². The molecule has 6 nitrogen and oxygen atoms in total. The third kappa shape index (κ3) is 3.17. The van der Waals surface area contributed by atoms with Crippen molar-refractivity contribution >= 4 is 17.5 Å². The minimum atomic E-state index is 0.131. The molecule has 17 heavy (non-hydrogen) atoms. The number of likely N-dealkylation sites (N-methyl/N-ethyl adjacent to an activating group) is 1. The smallest absolute Gasteiger partial charge is 0.322 e. The van der Waals surface area contributed by atoms with Crippen molar-refractivity contribution in [3.63, 3.8) is 0 Å². The predicted molar refractivity (Wildman–Crippen MR) is 63.6 cm³/mol. The van der Waals surface area contributed by atoms with E-state index in [1.165, 1.54) is 7.11 Å². The van der Waals surface area contributed by atoms with Crippen molar-refractivity contribution in [3.05, 3.63) is 5.28 Å². The fourth-order valence-electron chi connectivity index (χ4n) is 1.76. The van der Waals surface area contributed by atoms with Gasteiger partial charge in [0.05, 0.1) is 13.2 Å². The van der Waals surface area contributed by atoms with Gasteiger partial charge in [-0.3, -0.25) is 0 Å². The molecule has 0 aliphatic carbocycles. The van der Waals surface area contributed by atoms with E-state index < -0.39 is 0 Å². The molecule has 0 radical (unpaired) electrons. The van der Waals surface area contributed by atoms with Crippen molar-refractivity contribution in [2.45, 2.75) is 18.9 Å². The van der Waals surface area contributed by atoms with Crippen LogP contribution >= 0.6 is 11.6 Å². The van der Waals surface area contributed by atoms with E-state index in [1.54, 1.807) is 0 Å². The first-order valence-electron chi connectivity index (χ1n) is 5.47. The highest BCUT2D eigenvalue weighted by molar-refractivity contribution is 6.28. The normalized spacial score (nSPS) is 19.4. The van der Waals surface area contributed by atoms with Gasteiger partial charge in [0.25, 0.3) is 0 Å². The Kier molecular flexibility index (Phi) is 3.96. The quantitative estimate of drug-likeness (QED) is 0.807.